The standard InChI is InChI=1S/C9H10FN3O/c1-7(6-11-14)12-13-9-5-3-2-4-8(9)10/h2-5,7H,6H2,1H3. The normalized spacial score (nSPS) is 13.0. The second kappa shape index (κ2) is 5.16. The van der Waals surface area contributed by atoms with E-state index in [-0.39, 0.29) is 18.3 Å². The van der Waals surface area contributed by atoms with Gasteiger partial charge >= 0.3 is 0 Å². The van der Waals surface area contributed by atoms with Gasteiger partial charge in [0.2, 0.25) is 0 Å². The lowest BCUT2D eigenvalue weighted by Gasteiger charge is -1.97. The first kappa shape index (κ1) is 10.4. The Morgan fingerprint density at radius 1 is 1.43 bits per heavy atom. The monoisotopic (exact) mass is 195 g/mol. The smallest absolute Gasteiger partial charge is 0.150 e. The van der Waals surface area contributed by atoms with Gasteiger partial charge in [-0.25, -0.2) is 4.39 Å². The molecule has 1 atom stereocenters. The molecule has 0 fully saturated rings. The Kier molecular flexibility index (Phi) is 3.84. The number of nitrogens with zero attached hydrogens (tertiary/aromatic N) is 3. The summed E-state index contributed by atoms with van der Waals surface area (Å²) in [5, 5.41) is 10.1. The quantitative estimate of drug-likeness (QED) is 0.538. The Balaban J connectivity index is 2.68. The number of nitroso groups, excluding NO2 is 1. The highest BCUT2D eigenvalue weighted by atomic mass is 19.1. The van der Waals surface area contributed by atoms with Crippen LogP contribution in [0.2, 0.25) is 0 Å². The minimum atomic E-state index is -0.428. The molecule has 0 heterocycles. The summed E-state index contributed by atoms with van der Waals surface area (Å²) < 4.78 is 13.0. The molecule has 0 radical (unpaired) electrons. The second-order valence-electron chi connectivity index (χ2n) is 2.83. The van der Waals surface area contributed by atoms with Gasteiger partial charge in [0, 0.05) is 0 Å². The van der Waals surface area contributed by atoms with Crippen molar-refractivity contribution in [3.05, 3.63) is 35.0 Å². The molecule has 0 spiro atoms. The fraction of sp³-hybridized carbons (Fsp3) is 0.333. The van der Waals surface area contributed by atoms with E-state index >= 15 is 0 Å². The molecular formula is C9H10FN3O. The number of hydrogen-bond acceptors (Lipinski definition) is 4. The fourth-order valence-electron chi connectivity index (χ4n) is 0.838. The van der Waals surface area contributed by atoms with Crippen LogP contribution in [0.5, 0.6) is 0 Å². The van der Waals surface area contributed by atoms with Gasteiger partial charge in [0.05, 0.1) is 6.04 Å². The average molecular weight is 195 g/mol. The predicted octanol–water partition coefficient (Wildman–Crippen LogP) is 3.06. The lowest BCUT2D eigenvalue weighted by molar-refractivity contribution is 0.624. The number of halogens is 1. The van der Waals surface area contributed by atoms with Gasteiger partial charge < -0.3 is 0 Å². The third-order valence-electron chi connectivity index (χ3n) is 1.55. The summed E-state index contributed by atoms with van der Waals surface area (Å²) >= 11 is 0. The van der Waals surface area contributed by atoms with Crippen LogP contribution in [-0.2, 0) is 0 Å². The first-order valence-electron chi connectivity index (χ1n) is 4.18. The highest BCUT2D eigenvalue weighted by molar-refractivity contribution is 5.36. The van der Waals surface area contributed by atoms with Crippen LogP contribution in [0.3, 0.4) is 0 Å². The SMILES string of the molecule is CC(CN=O)N=Nc1ccccc1F. The zero-order valence-corrected chi connectivity index (χ0v) is 7.72. The van der Waals surface area contributed by atoms with Crippen molar-refractivity contribution in [3.8, 4) is 0 Å². The van der Waals surface area contributed by atoms with Crippen LogP contribution in [0, 0.1) is 10.7 Å². The van der Waals surface area contributed by atoms with Gasteiger partial charge in [0.25, 0.3) is 0 Å². The van der Waals surface area contributed by atoms with Gasteiger partial charge in [-0.1, -0.05) is 17.3 Å². The molecule has 1 rings (SSSR count). The molecule has 0 saturated carbocycles. The fourth-order valence-corrected chi connectivity index (χ4v) is 0.838. The van der Waals surface area contributed by atoms with E-state index in [1.54, 1.807) is 19.1 Å². The van der Waals surface area contributed by atoms with E-state index < -0.39 is 5.82 Å². The lowest BCUT2D eigenvalue weighted by atomic mass is 10.3. The molecule has 0 aliphatic rings. The molecule has 0 amide bonds. The zero-order valence-electron chi connectivity index (χ0n) is 7.72. The minimum Gasteiger partial charge on any atom is -0.205 e. The van der Waals surface area contributed by atoms with Crippen LogP contribution in [0.25, 0.3) is 0 Å². The predicted molar refractivity (Wildman–Crippen MR) is 51.0 cm³/mol. The Hall–Kier alpha value is -1.65. The van der Waals surface area contributed by atoms with Crippen molar-refractivity contribution >= 4 is 5.69 Å². The van der Waals surface area contributed by atoms with Crippen molar-refractivity contribution in [1.82, 2.24) is 0 Å². The highest BCUT2D eigenvalue weighted by Gasteiger charge is 2.00. The topological polar surface area (TPSA) is 54.1 Å². The van der Waals surface area contributed by atoms with Crippen molar-refractivity contribution in [1.29, 1.82) is 0 Å². The van der Waals surface area contributed by atoms with E-state index in [2.05, 4.69) is 15.4 Å². The number of hydrogen-bond donors (Lipinski definition) is 0. The van der Waals surface area contributed by atoms with E-state index in [0.29, 0.717) is 0 Å². The van der Waals surface area contributed by atoms with Crippen molar-refractivity contribution in [2.24, 2.45) is 15.4 Å². The zero-order chi connectivity index (χ0) is 10.4. The summed E-state index contributed by atoms with van der Waals surface area (Å²) in [6, 6.07) is 5.74. The molecule has 1 aromatic carbocycles. The van der Waals surface area contributed by atoms with Crippen LogP contribution in [0.1, 0.15) is 6.92 Å². The van der Waals surface area contributed by atoms with E-state index in [1.165, 1.54) is 12.1 Å². The third-order valence-corrected chi connectivity index (χ3v) is 1.55. The molecule has 74 valence electrons. The molecule has 0 N–H and O–H groups in total. The molecule has 14 heavy (non-hydrogen) atoms. The maximum Gasteiger partial charge on any atom is 0.150 e. The summed E-state index contributed by atoms with van der Waals surface area (Å²) in [7, 11) is 0. The molecule has 0 aliphatic carbocycles. The van der Waals surface area contributed by atoms with E-state index in [9.17, 15) is 9.30 Å². The summed E-state index contributed by atoms with van der Waals surface area (Å²) in [4.78, 5) is 9.87. The molecule has 5 heteroatoms. The van der Waals surface area contributed by atoms with Crippen molar-refractivity contribution in [2.45, 2.75) is 13.0 Å². The van der Waals surface area contributed by atoms with Gasteiger partial charge in [-0.3, -0.25) is 0 Å². The van der Waals surface area contributed by atoms with Gasteiger partial charge in [-0.2, -0.15) is 15.1 Å². The Labute approximate surface area is 80.8 Å². The summed E-state index contributed by atoms with van der Waals surface area (Å²) in [6.45, 7) is 1.74. The van der Waals surface area contributed by atoms with Crippen LogP contribution in [0.15, 0.2) is 39.7 Å². The molecule has 4 nitrogen and oxygen atoms in total. The van der Waals surface area contributed by atoms with Crippen LogP contribution in [0.4, 0.5) is 10.1 Å². The highest BCUT2D eigenvalue weighted by Crippen LogP contribution is 2.17. The van der Waals surface area contributed by atoms with Gasteiger partial charge in [0.1, 0.15) is 12.2 Å². The summed E-state index contributed by atoms with van der Waals surface area (Å²) in [5.41, 5.74) is 0.172. The maximum absolute atomic E-state index is 13.0. The van der Waals surface area contributed by atoms with Crippen LogP contribution < -0.4 is 0 Å². The Morgan fingerprint density at radius 2 is 2.14 bits per heavy atom. The largest absolute Gasteiger partial charge is 0.205 e. The summed E-state index contributed by atoms with van der Waals surface area (Å²) in [5.74, 6) is -0.428. The van der Waals surface area contributed by atoms with Gasteiger partial charge in [-0.15, -0.1) is 0 Å². The van der Waals surface area contributed by atoms with Gasteiger partial charge in [-0.05, 0) is 19.1 Å². The Morgan fingerprint density at radius 3 is 2.79 bits per heavy atom. The molecule has 1 aromatic rings. The van der Waals surface area contributed by atoms with Crippen molar-refractivity contribution in [2.75, 3.05) is 6.54 Å². The lowest BCUT2D eigenvalue weighted by Crippen LogP contribution is -2.00. The van der Waals surface area contributed by atoms with Crippen molar-refractivity contribution in [3.63, 3.8) is 0 Å². The van der Waals surface area contributed by atoms with Crippen LogP contribution in [-0.4, -0.2) is 12.6 Å². The number of azo groups is 1. The molecular weight excluding hydrogens is 185 g/mol. The van der Waals surface area contributed by atoms with Crippen molar-refractivity contribution < 1.29 is 4.39 Å². The minimum absolute atomic E-state index is 0.0535. The van der Waals surface area contributed by atoms with E-state index in [1.807, 2.05) is 0 Å². The molecule has 0 aliphatic heterocycles. The maximum atomic E-state index is 13.0. The first-order valence-corrected chi connectivity index (χ1v) is 4.18. The average Bonchev–Trinajstić information content (AvgIpc) is 2.17. The number of benzene rings is 1. The molecule has 0 bridgehead atoms. The summed E-state index contributed by atoms with van der Waals surface area (Å²) in [6.07, 6.45) is 0. The second-order valence-corrected chi connectivity index (χ2v) is 2.83. The van der Waals surface area contributed by atoms with Gasteiger partial charge in [0.15, 0.2) is 5.82 Å². The number of rotatable bonds is 4. The first-order chi connectivity index (χ1) is 6.74. The van der Waals surface area contributed by atoms with Crippen LogP contribution >= 0.6 is 0 Å². The third kappa shape index (κ3) is 3.01. The molecule has 1 unspecified atom stereocenters. The molecule has 0 aromatic heterocycles. The Bertz CT molecular complexity index is 341. The van der Waals surface area contributed by atoms with E-state index in [4.69, 9.17) is 0 Å². The van der Waals surface area contributed by atoms with E-state index in [0.717, 1.165) is 0 Å². The molecule has 0 saturated heterocycles.